The van der Waals surface area contributed by atoms with E-state index in [0.717, 1.165) is 35.5 Å². The number of rotatable bonds is 4. The Hall–Kier alpha value is -1.35. The van der Waals surface area contributed by atoms with E-state index in [1.54, 1.807) is 7.11 Å². The molecule has 0 aromatic heterocycles. The van der Waals surface area contributed by atoms with E-state index in [1.807, 2.05) is 26.0 Å². The monoisotopic (exact) mass is 219 g/mol. The molecule has 3 nitrogen and oxygen atoms in total. The number of methoxy groups -OCH3 is 1. The van der Waals surface area contributed by atoms with Crippen molar-refractivity contribution >= 4 is 5.78 Å². The molecule has 86 valence electrons. The Morgan fingerprint density at radius 1 is 1.31 bits per heavy atom. The van der Waals surface area contributed by atoms with Gasteiger partial charge in [0.25, 0.3) is 0 Å². The van der Waals surface area contributed by atoms with Gasteiger partial charge < -0.3 is 4.74 Å². The van der Waals surface area contributed by atoms with E-state index < -0.39 is 0 Å². The van der Waals surface area contributed by atoms with Crippen LogP contribution in [0, 0.1) is 13.8 Å². The zero-order valence-corrected chi connectivity index (χ0v) is 10.0. The number of aryl methyl sites for hydroxylation is 2. The maximum Gasteiger partial charge on any atom is 0.177 e. The Balaban J connectivity index is 2.25. The Morgan fingerprint density at radius 2 is 2.00 bits per heavy atom. The molecule has 1 aromatic carbocycles. The van der Waals surface area contributed by atoms with E-state index in [4.69, 9.17) is 4.74 Å². The molecule has 0 N–H and O–H groups in total. The molecule has 3 heteroatoms. The second kappa shape index (κ2) is 4.26. The minimum absolute atomic E-state index is 0.209. The van der Waals surface area contributed by atoms with Gasteiger partial charge >= 0.3 is 0 Å². The SMILES string of the molecule is COc1cc(C)c(C(=O)CN2CC2)cc1C. The summed E-state index contributed by atoms with van der Waals surface area (Å²) in [6, 6.07) is 3.87. The number of Topliss-reactive ketones (excluding diaryl/α,β-unsaturated/α-hetero) is 1. The third kappa shape index (κ3) is 2.25. The van der Waals surface area contributed by atoms with Crippen molar-refractivity contribution in [2.24, 2.45) is 0 Å². The molecule has 0 unspecified atom stereocenters. The van der Waals surface area contributed by atoms with Gasteiger partial charge in [-0.3, -0.25) is 9.69 Å². The van der Waals surface area contributed by atoms with Gasteiger partial charge in [0.1, 0.15) is 5.75 Å². The molecule has 0 aliphatic carbocycles. The highest BCUT2D eigenvalue weighted by Crippen LogP contribution is 2.23. The highest BCUT2D eigenvalue weighted by molar-refractivity contribution is 5.99. The van der Waals surface area contributed by atoms with Crippen molar-refractivity contribution in [1.29, 1.82) is 0 Å². The average Bonchev–Trinajstić information content (AvgIpc) is 3.04. The van der Waals surface area contributed by atoms with Crippen molar-refractivity contribution in [3.8, 4) is 5.75 Å². The van der Waals surface area contributed by atoms with E-state index in [9.17, 15) is 4.79 Å². The van der Waals surface area contributed by atoms with Gasteiger partial charge in [-0.15, -0.1) is 0 Å². The minimum Gasteiger partial charge on any atom is -0.496 e. The largest absolute Gasteiger partial charge is 0.496 e. The summed E-state index contributed by atoms with van der Waals surface area (Å²) in [7, 11) is 1.65. The van der Waals surface area contributed by atoms with Crippen molar-refractivity contribution in [2.45, 2.75) is 13.8 Å². The van der Waals surface area contributed by atoms with Crippen LogP contribution in [0.3, 0.4) is 0 Å². The smallest absolute Gasteiger partial charge is 0.177 e. The van der Waals surface area contributed by atoms with Gasteiger partial charge in [-0.05, 0) is 37.1 Å². The van der Waals surface area contributed by atoms with Gasteiger partial charge in [0.15, 0.2) is 5.78 Å². The lowest BCUT2D eigenvalue weighted by atomic mass is 10.0. The predicted molar refractivity (Wildman–Crippen MR) is 63.2 cm³/mol. The number of hydrogen-bond donors (Lipinski definition) is 0. The molecule has 0 saturated carbocycles. The maximum atomic E-state index is 12.0. The van der Waals surface area contributed by atoms with Crippen molar-refractivity contribution in [3.05, 3.63) is 28.8 Å². The van der Waals surface area contributed by atoms with Crippen molar-refractivity contribution < 1.29 is 9.53 Å². The second-order valence-electron chi connectivity index (χ2n) is 4.34. The van der Waals surface area contributed by atoms with Crippen LogP contribution in [-0.2, 0) is 0 Å². The second-order valence-corrected chi connectivity index (χ2v) is 4.34. The fourth-order valence-electron chi connectivity index (χ4n) is 1.83. The van der Waals surface area contributed by atoms with Gasteiger partial charge in [-0.2, -0.15) is 0 Å². The molecule has 0 bridgehead atoms. The van der Waals surface area contributed by atoms with Crippen LogP contribution in [0.15, 0.2) is 12.1 Å². The maximum absolute atomic E-state index is 12.0. The Kier molecular flexibility index (Phi) is 2.97. The highest BCUT2D eigenvalue weighted by atomic mass is 16.5. The summed E-state index contributed by atoms with van der Waals surface area (Å²) in [5.74, 6) is 1.06. The number of carbonyl (C=O) groups excluding carboxylic acids is 1. The number of ketones is 1. The lowest BCUT2D eigenvalue weighted by molar-refractivity contribution is 0.0974. The Morgan fingerprint density at radius 3 is 2.56 bits per heavy atom. The van der Waals surface area contributed by atoms with E-state index in [2.05, 4.69) is 4.90 Å². The quantitative estimate of drug-likeness (QED) is 0.571. The molecule has 0 radical (unpaired) electrons. The lowest BCUT2D eigenvalue weighted by Crippen LogP contribution is -2.14. The van der Waals surface area contributed by atoms with Crippen LogP contribution in [0.5, 0.6) is 5.75 Å². The zero-order chi connectivity index (χ0) is 11.7. The minimum atomic E-state index is 0.209. The summed E-state index contributed by atoms with van der Waals surface area (Å²) >= 11 is 0. The van der Waals surface area contributed by atoms with E-state index in [-0.39, 0.29) is 5.78 Å². The van der Waals surface area contributed by atoms with Gasteiger partial charge in [-0.25, -0.2) is 0 Å². The molecule has 1 fully saturated rings. The fraction of sp³-hybridized carbons (Fsp3) is 0.462. The zero-order valence-electron chi connectivity index (χ0n) is 10.0. The van der Waals surface area contributed by atoms with Crippen LogP contribution in [0.2, 0.25) is 0 Å². The summed E-state index contributed by atoms with van der Waals surface area (Å²) in [5.41, 5.74) is 2.83. The average molecular weight is 219 g/mol. The molecule has 1 aromatic rings. The molecule has 1 heterocycles. The Bertz CT molecular complexity index is 422. The van der Waals surface area contributed by atoms with Crippen molar-refractivity contribution in [3.63, 3.8) is 0 Å². The number of nitrogens with zero attached hydrogens (tertiary/aromatic N) is 1. The normalized spacial score (nSPS) is 14.9. The molecule has 1 aliphatic rings. The number of ether oxygens (including phenoxy) is 1. The van der Waals surface area contributed by atoms with Crippen molar-refractivity contribution in [1.82, 2.24) is 4.90 Å². The highest BCUT2D eigenvalue weighted by Gasteiger charge is 2.22. The van der Waals surface area contributed by atoms with Gasteiger partial charge in [-0.1, -0.05) is 0 Å². The topological polar surface area (TPSA) is 29.3 Å². The van der Waals surface area contributed by atoms with E-state index in [1.165, 1.54) is 0 Å². The number of hydrogen-bond acceptors (Lipinski definition) is 3. The van der Waals surface area contributed by atoms with Crippen LogP contribution >= 0.6 is 0 Å². The first-order valence-corrected chi connectivity index (χ1v) is 5.52. The van der Waals surface area contributed by atoms with Gasteiger partial charge in [0.2, 0.25) is 0 Å². The van der Waals surface area contributed by atoms with Crippen LogP contribution < -0.4 is 4.74 Å². The summed E-state index contributed by atoms with van der Waals surface area (Å²) in [5, 5.41) is 0. The summed E-state index contributed by atoms with van der Waals surface area (Å²) < 4.78 is 5.23. The Labute approximate surface area is 96.0 Å². The first-order chi connectivity index (χ1) is 7.61. The predicted octanol–water partition coefficient (Wildman–Crippen LogP) is 1.81. The summed E-state index contributed by atoms with van der Waals surface area (Å²) in [6.45, 7) is 6.58. The van der Waals surface area contributed by atoms with Gasteiger partial charge in [0.05, 0.1) is 13.7 Å². The molecule has 0 amide bonds. The first-order valence-electron chi connectivity index (χ1n) is 5.52. The molecular weight excluding hydrogens is 202 g/mol. The number of benzene rings is 1. The summed E-state index contributed by atoms with van der Waals surface area (Å²) in [4.78, 5) is 14.1. The molecule has 2 rings (SSSR count). The lowest BCUT2D eigenvalue weighted by Gasteiger charge is -2.10. The molecular formula is C13H17NO2. The molecule has 1 saturated heterocycles. The molecule has 16 heavy (non-hydrogen) atoms. The van der Waals surface area contributed by atoms with Crippen LogP contribution in [-0.4, -0.2) is 37.4 Å². The van der Waals surface area contributed by atoms with Crippen molar-refractivity contribution in [2.75, 3.05) is 26.7 Å². The van der Waals surface area contributed by atoms with E-state index >= 15 is 0 Å². The third-order valence-corrected chi connectivity index (χ3v) is 2.95. The fourth-order valence-corrected chi connectivity index (χ4v) is 1.83. The van der Waals surface area contributed by atoms with Crippen LogP contribution in [0.25, 0.3) is 0 Å². The van der Waals surface area contributed by atoms with Crippen LogP contribution in [0.1, 0.15) is 21.5 Å². The standard InChI is InChI=1S/C13H17NO2/c1-9-7-13(16-3)10(2)6-11(9)12(15)8-14-4-5-14/h6-7H,4-5,8H2,1-3H3. The first kappa shape index (κ1) is 11.1. The van der Waals surface area contributed by atoms with E-state index in [0.29, 0.717) is 6.54 Å². The van der Waals surface area contributed by atoms with Gasteiger partial charge in [0, 0.05) is 18.7 Å². The number of carbonyl (C=O) groups is 1. The molecule has 1 aliphatic heterocycles. The summed E-state index contributed by atoms with van der Waals surface area (Å²) in [6.07, 6.45) is 0. The van der Waals surface area contributed by atoms with Crippen LogP contribution in [0.4, 0.5) is 0 Å². The molecule has 0 atom stereocenters. The molecule has 0 spiro atoms. The third-order valence-electron chi connectivity index (χ3n) is 2.95.